The number of halogens is 3. The largest absolute Gasteiger partial charge is 0.507 e. The van der Waals surface area contributed by atoms with Gasteiger partial charge in [-0.1, -0.05) is 19.4 Å². The minimum atomic E-state index is -4.55. The molecular weight excluding hydrogens is 219 g/mol. The molecule has 0 heterocycles. The molecule has 0 radical (unpaired) electrons. The van der Waals surface area contributed by atoms with Crippen LogP contribution < -0.4 is 5.73 Å². The molecule has 0 aromatic heterocycles. The number of nitrogens with two attached hydrogens (primary N) is 1. The first kappa shape index (κ1) is 12.8. The van der Waals surface area contributed by atoms with E-state index in [2.05, 4.69) is 0 Å². The maximum absolute atomic E-state index is 12.5. The molecule has 0 saturated heterocycles. The molecule has 90 valence electrons. The molecule has 0 amide bonds. The quantitative estimate of drug-likeness (QED) is 0.842. The summed E-state index contributed by atoms with van der Waals surface area (Å²) in [5, 5.41) is 9.12. The van der Waals surface area contributed by atoms with Gasteiger partial charge in [0.25, 0.3) is 0 Å². The maximum atomic E-state index is 12.5. The van der Waals surface area contributed by atoms with Gasteiger partial charge in [0.2, 0.25) is 0 Å². The van der Waals surface area contributed by atoms with Gasteiger partial charge in [0.15, 0.2) is 0 Å². The fraction of sp³-hybridized carbons (Fsp3) is 0.455. The Balaban J connectivity index is 3.07. The lowest BCUT2D eigenvalue weighted by atomic mass is 10.0. The Bertz CT molecular complexity index is 363. The summed E-state index contributed by atoms with van der Waals surface area (Å²) in [4.78, 5) is 0. The molecule has 1 aromatic rings. The highest BCUT2D eigenvalue weighted by atomic mass is 19.4. The van der Waals surface area contributed by atoms with Crippen LogP contribution in [0, 0.1) is 0 Å². The lowest BCUT2D eigenvalue weighted by molar-refractivity contribution is -0.138. The lowest BCUT2D eigenvalue weighted by Crippen LogP contribution is -2.12. The van der Waals surface area contributed by atoms with Gasteiger partial charge in [-0.15, -0.1) is 0 Å². The fourth-order valence-corrected chi connectivity index (χ4v) is 1.49. The number of alkyl halides is 3. The van der Waals surface area contributed by atoms with Gasteiger partial charge in [-0.05, 0) is 24.1 Å². The van der Waals surface area contributed by atoms with E-state index >= 15 is 0 Å². The van der Waals surface area contributed by atoms with Crippen LogP contribution in [0.25, 0.3) is 0 Å². The molecule has 1 unspecified atom stereocenters. The fourth-order valence-electron chi connectivity index (χ4n) is 1.49. The number of phenols is 1. The van der Waals surface area contributed by atoms with Crippen LogP contribution in [-0.4, -0.2) is 5.11 Å². The molecule has 5 heteroatoms. The van der Waals surface area contributed by atoms with E-state index in [-0.39, 0.29) is 0 Å². The van der Waals surface area contributed by atoms with Crippen molar-refractivity contribution in [2.24, 2.45) is 5.73 Å². The zero-order valence-electron chi connectivity index (χ0n) is 8.88. The number of benzene rings is 1. The Hall–Kier alpha value is -1.23. The number of hydrogen-bond donors (Lipinski definition) is 2. The van der Waals surface area contributed by atoms with Crippen LogP contribution in [0.5, 0.6) is 5.75 Å². The van der Waals surface area contributed by atoms with Gasteiger partial charge in [0.05, 0.1) is 5.56 Å². The highest BCUT2D eigenvalue weighted by molar-refractivity contribution is 5.39. The predicted molar refractivity (Wildman–Crippen MR) is 54.9 cm³/mol. The maximum Gasteiger partial charge on any atom is 0.419 e. The van der Waals surface area contributed by atoms with E-state index in [4.69, 9.17) is 10.8 Å². The molecule has 0 aliphatic rings. The summed E-state index contributed by atoms with van der Waals surface area (Å²) in [6, 6.07) is 2.94. The first-order valence-corrected chi connectivity index (χ1v) is 5.02. The highest BCUT2D eigenvalue weighted by Gasteiger charge is 2.34. The smallest absolute Gasteiger partial charge is 0.419 e. The van der Waals surface area contributed by atoms with E-state index in [9.17, 15) is 13.2 Å². The number of rotatable bonds is 3. The zero-order valence-corrected chi connectivity index (χ0v) is 8.88. The molecule has 1 atom stereocenters. The average Bonchev–Trinajstić information content (AvgIpc) is 2.16. The van der Waals surface area contributed by atoms with E-state index in [1.54, 1.807) is 0 Å². The zero-order chi connectivity index (χ0) is 12.3. The average molecular weight is 233 g/mol. The Kier molecular flexibility index (Phi) is 3.80. The van der Waals surface area contributed by atoms with Crippen LogP contribution >= 0.6 is 0 Å². The lowest BCUT2D eigenvalue weighted by Gasteiger charge is -2.14. The summed E-state index contributed by atoms with van der Waals surface area (Å²) in [6.45, 7) is 1.91. The van der Waals surface area contributed by atoms with Crippen molar-refractivity contribution in [1.29, 1.82) is 0 Å². The van der Waals surface area contributed by atoms with E-state index in [1.165, 1.54) is 6.07 Å². The van der Waals surface area contributed by atoms with Crippen molar-refractivity contribution in [2.75, 3.05) is 0 Å². The Morgan fingerprint density at radius 2 is 2.00 bits per heavy atom. The van der Waals surface area contributed by atoms with Gasteiger partial charge in [-0.25, -0.2) is 0 Å². The minimum absolute atomic E-state index is 0.395. The third kappa shape index (κ3) is 2.88. The van der Waals surface area contributed by atoms with Gasteiger partial charge in [0.1, 0.15) is 5.75 Å². The normalized spacial score (nSPS) is 13.8. The molecular formula is C11H14F3NO. The van der Waals surface area contributed by atoms with Crippen molar-refractivity contribution < 1.29 is 18.3 Å². The molecule has 0 saturated carbocycles. The van der Waals surface area contributed by atoms with E-state index in [0.29, 0.717) is 12.0 Å². The van der Waals surface area contributed by atoms with E-state index in [0.717, 1.165) is 18.6 Å². The summed E-state index contributed by atoms with van der Waals surface area (Å²) < 4.78 is 37.4. The van der Waals surface area contributed by atoms with Gasteiger partial charge in [-0.3, -0.25) is 0 Å². The third-order valence-electron chi connectivity index (χ3n) is 2.35. The van der Waals surface area contributed by atoms with Crippen LogP contribution in [0.4, 0.5) is 13.2 Å². The van der Waals surface area contributed by atoms with Gasteiger partial charge < -0.3 is 10.8 Å². The van der Waals surface area contributed by atoms with E-state index in [1.807, 2.05) is 6.92 Å². The Morgan fingerprint density at radius 3 is 2.50 bits per heavy atom. The minimum Gasteiger partial charge on any atom is -0.507 e. The molecule has 16 heavy (non-hydrogen) atoms. The molecule has 2 nitrogen and oxygen atoms in total. The molecule has 0 aliphatic carbocycles. The summed E-state index contributed by atoms with van der Waals surface area (Å²) in [6.07, 6.45) is -3.14. The first-order valence-electron chi connectivity index (χ1n) is 5.02. The molecule has 3 N–H and O–H groups in total. The molecule has 0 aliphatic heterocycles. The van der Waals surface area contributed by atoms with Crippen molar-refractivity contribution in [3.8, 4) is 5.75 Å². The van der Waals surface area contributed by atoms with Crippen LogP contribution in [0.2, 0.25) is 0 Å². The summed E-state index contributed by atoms with van der Waals surface area (Å²) in [7, 11) is 0. The van der Waals surface area contributed by atoms with Crippen LogP contribution in [0.15, 0.2) is 18.2 Å². The summed E-state index contributed by atoms with van der Waals surface area (Å²) in [5.41, 5.74) is 5.08. The van der Waals surface area contributed by atoms with Gasteiger partial charge in [0, 0.05) is 6.04 Å². The van der Waals surface area contributed by atoms with Crippen LogP contribution in [0.3, 0.4) is 0 Å². The Morgan fingerprint density at radius 1 is 1.38 bits per heavy atom. The SMILES string of the molecule is CCCC(N)c1ccc(O)c(C(F)(F)F)c1. The van der Waals surface area contributed by atoms with Gasteiger partial charge >= 0.3 is 6.18 Å². The van der Waals surface area contributed by atoms with Gasteiger partial charge in [-0.2, -0.15) is 13.2 Å². The molecule has 1 rings (SSSR count). The summed E-state index contributed by atoms with van der Waals surface area (Å²) in [5.74, 6) is -0.764. The van der Waals surface area contributed by atoms with Crippen molar-refractivity contribution in [2.45, 2.75) is 32.0 Å². The molecule has 0 spiro atoms. The Labute approximate surface area is 91.9 Å². The predicted octanol–water partition coefficient (Wildman–Crippen LogP) is 3.21. The van der Waals surface area contributed by atoms with Crippen molar-refractivity contribution in [3.05, 3.63) is 29.3 Å². The topological polar surface area (TPSA) is 46.2 Å². The monoisotopic (exact) mass is 233 g/mol. The second kappa shape index (κ2) is 4.74. The second-order valence-electron chi connectivity index (χ2n) is 3.67. The highest BCUT2D eigenvalue weighted by Crippen LogP contribution is 2.37. The molecule has 0 bridgehead atoms. The second-order valence-corrected chi connectivity index (χ2v) is 3.67. The third-order valence-corrected chi connectivity index (χ3v) is 2.35. The number of aromatic hydroxyl groups is 1. The number of hydrogen-bond acceptors (Lipinski definition) is 2. The van der Waals surface area contributed by atoms with Crippen molar-refractivity contribution >= 4 is 0 Å². The van der Waals surface area contributed by atoms with Crippen LogP contribution in [-0.2, 0) is 6.18 Å². The molecule has 1 aromatic carbocycles. The molecule has 0 fully saturated rings. The van der Waals surface area contributed by atoms with Crippen molar-refractivity contribution in [3.63, 3.8) is 0 Å². The standard InChI is InChI=1S/C11H14F3NO/c1-2-3-9(15)7-4-5-10(16)8(6-7)11(12,13)14/h4-6,9,16H,2-3,15H2,1H3. The van der Waals surface area contributed by atoms with E-state index < -0.39 is 23.5 Å². The van der Waals surface area contributed by atoms with Crippen molar-refractivity contribution in [1.82, 2.24) is 0 Å². The van der Waals surface area contributed by atoms with Crippen LogP contribution in [0.1, 0.15) is 36.9 Å². The number of phenolic OH excluding ortho intramolecular Hbond substituents is 1. The first-order chi connectivity index (χ1) is 7.36. The summed E-state index contributed by atoms with van der Waals surface area (Å²) >= 11 is 0.